The SMILES string of the molecule is COc1ccc(-c2c[nH]c3cccc(O[C@@H]4O[C@H](CO)[C@@H](O)[C@H](O)[C@H]4O)c23)cc1. The summed E-state index contributed by atoms with van der Waals surface area (Å²) in [7, 11) is 1.60. The number of rotatable bonds is 5. The standard InChI is InChI=1S/C21H23NO7/c1-27-12-7-5-11(6-8-12)13-9-22-14-3-2-4-15(17(13)14)28-21-20(26)19(25)18(24)16(10-23)29-21/h2-9,16,18-26H,10H2,1H3/t16-,18-,19+,20-,21-/m1/s1. The number of aromatic nitrogens is 1. The summed E-state index contributed by atoms with van der Waals surface area (Å²) in [4.78, 5) is 3.20. The van der Waals surface area contributed by atoms with Crippen LogP contribution in [-0.2, 0) is 4.74 Å². The molecule has 0 unspecified atom stereocenters. The molecule has 2 aromatic carbocycles. The summed E-state index contributed by atoms with van der Waals surface area (Å²) in [6.45, 7) is -0.518. The van der Waals surface area contributed by atoms with E-state index in [-0.39, 0.29) is 0 Å². The number of benzene rings is 2. The van der Waals surface area contributed by atoms with Crippen LogP contribution in [0.25, 0.3) is 22.0 Å². The number of hydrogen-bond acceptors (Lipinski definition) is 7. The Labute approximate surface area is 166 Å². The number of aromatic amines is 1. The Morgan fingerprint density at radius 1 is 1.00 bits per heavy atom. The first-order chi connectivity index (χ1) is 14.0. The summed E-state index contributed by atoms with van der Waals surface area (Å²) < 4.78 is 16.6. The average molecular weight is 401 g/mol. The van der Waals surface area contributed by atoms with E-state index in [1.54, 1.807) is 19.2 Å². The molecule has 1 aliphatic heterocycles. The molecule has 1 aliphatic rings. The molecule has 8 heteroatoms. The molecular weight excluding hydrogens is 378 g/mol. The van der Waals surface area contributed by atoms with Crippen molar-refractivity contribution >= 4 is 10.9 Å². The van der Waals surface area contributed by atoms with Gasteiger partial charge in [-0.2, -0.15) is 0 Å². The van der Waals surface area contributed by atoms with Crippen LogP contribution in [0.1, 0.15) is 0 Å². The lowest BCUT2D eigenvalue weighted by atomic mass is 9.99. The second kappa shape index (κ2) is 8.02. The van der Waals surface area contributed by atoms with Gasteiger partial charge < -0.3 is 39.6 Å². The van der Waals surface area contributed by atoms with Crippen LogP contribution >= 0.6 is 0 Å². The average Bonchev–Trinajstić information content (AvgIpc) is 3.19. The Balaban J connectivity index is 1.70. The van der Waals surface area contributed by atoms with Crippen LogP contribution in [0.4, 0.5) is 0 Å². The van der Waals surface area contributed by atoms with Gasteiger partial charge in [0, 0.05) is 22.7 Å². The first kappa shape index (κ1) is 19.7. The molecule has 29 heavy (non-hydrogen) atoms. The topological polar surface area (TPSA) is 124 Å². The molecule has 154 valence electrons. The minimum absolute atomic E-state index is 0.430. The van der Waals surface area contributed by atoms with E-state index in [0.717, 1.165) is 27.8 Å². The van der Waals surface area contributed by atoms with E-state index < -0.39 is 37.3 Å². The van der Waals surface area contributed by atoms with Crippen molar-refractivity contribution in [2.75, 3.05) is 13.7 Å². The van der Waals surface area contributed by atoms with Crippen LogP contribution in [0.5, 0.6) is 11.5 Å². The molecule has 0 bridgehead atoms. The first-order valence-corrected chi connectivity index (χ1v) is 9.25. The van der Waals surface area contributed by atoms with Crippen LogP contribution in [0.3, 0.4) is 0 Å². The Hall–Kier alpha value is -2.62. The van der Waals surface area contributed by atoms with Crippen LogP contribution in [0, 0.1) is 0 Å². The second-order valence-corrected chi connectivity index (χ2v) is 6.92. The summed E-state index contributed by atoms with van der Waals surface area (Å²) in [5.74, 6) is 1.17. The van der Waals surface area contributed by atoms with Gasteiger partial charge in [0.2, 0.25) is 6.29 Å². The van der Waals surface area contributed by atoms with Crippen molar-refractivity contribution in [2.24, 2.45) is 0 Å². The molecule has 8 nitrogen and oxygen atoms in total. The lowest BCUT2D eigenvalue weighted by molar-refractivity contribution is -0.277. The minimum atomic E-state index is -1.50. The van der Waals surface area contributed by atoms with Crippen LogP contribution < -0.4 is 9.47 Å². The monoisotopic (exact) mass is 401 g/mol. The normalized spacial score (nSPS) is 27.1. The van der Waals surface area contributed by atoms with Crippen LogP contribution in [-0.4, -0.2) is 69.8 Å². The zero-order chi connectivity index (χ0) is 20.5. The maximum Gasteiger partial charge on any atom is 0.229 e. The zero-order valence-corrected chi connectivity index (χ0v) is 15.7. The smallest absolute Gasteiger partial charge is 0.229 e. The number of fused-ring (bicyclic) bond motifs is 1. The lowest BCUT2D eigenvalue weighted by Gasteiger charge is -2.39. The molecule has 1 saturated heterocycles. The Bertz CT molecular complexity index is 969. The Morgan fingerprint density at radius 2 is 1.76 bits per heavy atom. The third-order valence-electron chi connectivity index (χ3n) is 5.16. The Kier molecular flexibility index (Phi) is 5.44. The van der Waals surface area contributed by atoms with Gasteiger partial charge in [-0.3, -0.25) is 0 Å². The lowest BCUT2D eigenvalue weighted by Crippen LogP contribution is -2.60. The summed E-state index contributed by atoms with van der Waals surface area (Å²) in [5, 5.41) is 40.4. The van der Waals surface area contributed by atoms with Gasteiger partial charge in [0.15, 0.2) is 0 Å². The zero-order valence-electron chi connectivity index (χ0n) is 15.7. The predicted octanol–water partition coefficient (Wildman–Crippen LogP) is 1.02. The van der Waals surface area contributed by atoms with Gasteiger partial charge in [-0.15, -0.1) is 0 Å². The summed E-state index contributed by atoms with van der Waals surface area (Å²) in [6.07, 6.45) is -4.86. The van der Waals surface area contributed by atoms with E-state index in [1.807, 2.05) is 36.5 Å². The van der Waals surface area contributed by atoms with Gasteiger partial charge in [-0.25, -0.2) is 0 Å². The van der Waals surface area contributed by atoms with Crippen molar-refractivity contribution in [3.63, 3.8) is 0 Å². The fourth-order valence-electron chi connectivity index (χ4n) is 3.54. The van der Waals surface area contributed by atoms with Crippen LogP contribution in [0.2, 0.25) is 0 Å². The fraction of sp³-hybridized carbons (Fsp3) is 0.333. The molecule has 0 saturated carbocycles. The van der Waals surface area contributed by atoms with Crippen molar-refractivity contribution in [1.29, 1.82) is 0 Å². The largest absolute Gasteiger partial charge is 0.497 e. The minimum Gasteiger partial charge on any atom is -0.497 e. The van der Waals surface area contributed by atoms with E-state index in [1.165, 1.54) is 0 Å². The van der Waals surface area contributed by atoms with Crippen molar-refractivity contribution in [3.05, 3.63) is 48.7 Å². The highest BCUT2D eigenvalue weighted by molar-refractivity contribution is 6.00. The van der Waals surface area contributed by atoms with E-state index in [9.17, 15) is 20.4 Å². The molecule has 3 aromatic rings. The van der Waals surface area contributed by atoms with Gasteiger partial charge in [0.05, 0.1) is 13.7 Å². The van der Waals surface area contributed by atoms with Gasteiger partial charge in [-0.1, -0.05) is 18.2 Å². The number of aliphatic hydroxyl groups excluding tert-OH is 4. The third-order valence-corrected chi connectivity index (χ3v) is 5.16. The first-order valence-electron chi connectivity index (χ1n) is 9.25. The molecule has 0 aliphatic carbocycles. The number of aliphatic hydroxyl groups is 4. The van der Waals surface area contributed by atoms with Crippen molar-refractivity contribution in [3.8, 4) is 22.6 Å². The van der Waals surface area contributed by atoms with E-state index in [2.05, 4.69) is 4.98 Å². The molecule has 5 N–H and O–H groups in total. The molecule has 1 fully saturated rings. The quantitative estimate of drug-likeness (QED) is 0.432. The van der Waals surface area contributed by atoms with E-state index in [4.69, 9.17) is 14.2 Å². The molecule has 4 rings (SSSR count). The highest BCUT2D eigenvalue weighted by Gasteiger charge is 2.44. The van der Waals surface area contributed by atoms with E-state index >= 15 is 0 Å². The number of nitrogens with one attached hydrogen (secondary N) is 1. The third kappa shape index (κ3) is 3.57. The highest BCUT2D eigenvalue weighted by Crippen LogP contribution is 2.37. The van der Waals surface area contributed by atoms with Gasteiger partial charge in [0.25, 0.3) is 0 Å². The molecule has 5 atom stereocenters. The number of ether oxygens (including phenoxy) is 3. The molecular formula is C21H23NO7. The maximum absolute atomic E-state index is 10.3. The van der Waals surface area contributed by atoms with Gasteiger partial charge >= 0.3 is 0 Å². The molecule has 2 heterocycles. The number of H-pyrrole nitrogens is 1. The summed E-state index contributed by atoms with van der Waals surface area (Å²) >= 11 is 0. The van der Waals surface area contributed by atoms with E-state index in [0.29, 0.717) is 5.75 Å². The molecule has 1 aromatic heterocycles. The Morgan fingerprint density at radius 3 is 2.45 bits per heavy atom. The maximum atomic E-state index is 10.3. The molecule has 0 spiro atoms. The van der Waals surface area contributed by atoms with Gasteiger partial charge in [0.1, 0.15) is 35.9 Å². The second-order valence-electron chi connectivity index (χ2n) is 6.92. The number of methoxy groups -OCH3 is 1. The predicted molar refractivity (Wildman–Crippen MR) is 105 cm³/mol. The molecule has 0 amide bonds. The fourth-order valence-corrected chi connectivity index (χ4v) is 3.54. The van der Waals surface area contributed by atoms with Crippen molar-refractivity contribution in [1.82, 2.24) is 4.98 Å². The van der Waals surface area contributed by atoms with Crippen LogP contribution in [0.15, 0.2) is 48.7 Å². The number of hydrogen-bond donors (Lipinski definition) is 5. The van der Waals surface area contributed by atoms with Crippen molar-refractivity contribution < 1.29 is 34.6 Å². The highest BCUT2D eigenvalue weighted by atomic mass is 16.7. The summed E-state index contributed by atoms with van der Waals surface area (Å²) in [6, 6.07) is 13.0. The molecule has 0 radical (unpaired) electrons. The summed E-state index contributed by atoms with van der Waals surface area (Å²) in [5.41, 5.74) is 2.63. The van der Waals surface area contributed by atoms with Crippen molar-refractivity contribution in [2.45, 2.75) is 30.7 Å². The van der Waals surface area contributed by atoms with Gasteiger partial charge in [-0.05, 0) is 29.8 Å².